The van der Waals surface area contributed by atoms with Gasteiger partial charge in [-0.2, -0.15) is 13.2 Å². The molecule has 0 bridgehead atoms. The predicted molar refractivity (Wildman–Crippen MR) is 76.0 cm³/mol. The molecule has 1 aliphatic rings. The summed E-state index contributed by atoms with van der Waals surface area (Å²) >= 11 is 0. The lowest BCUT2D eigenvalue weighted by Gasteiger charge is -2.32. The molecule has 0 aromatic heterocycles. The fourth-order valence-corrected chi connectivity index (χ4v) is 3.13. The minimum absolute atomic E-state index is 0.0919. The number of Topliss-reactive ketones (excluding diaryl/α,β-unsaturated/α-hetero) is 1. The van der Waals surface area contributed by atoms with E-state index in [2.05, 4.69) is 0 Å². The highest BCUT2D eigenvalue weighted by Crippen LogP contribution is 2.42. The topological polar surface area (TPSA) is 17.1 Å². The van der Waals surface area contributed by atoms with Gasteiger partial charge in [0.1, 0.15) is 5.78 Å². The van der Waals surface area contributed by atoms with Crippen LogP contribution in [-0.4, -0.2) is 12.0 Å². The number of alkyl halides is 3. The maximum absolute atomic E-state index is 13.0. The van der Waals surface area contributed by atoms with Crippen molar-refractivity contribution in [1.82, 2.24) is 0 Å². The first-order valence-electron chi connectivity index (χ1n) is 7.59. The van der Waals surface area contributed by atoms with E-state index >= 15 is 0 Å². The Bertz CT molecular complexity index is 476. The van der Waals surface area contributed by atoms with Crippen molar-refractivity contribution in [2.45, 2.75) is 51.6 Å². The van der Waals surface area contributed by atoms with Gasteiger partial charge in [-0.05, 0) is 30.4 Å². The molecule has 1 aromatic carbocycles. The van der Waals surface area contributed by atoms with Gasteiger partial charge in [-0.15, -0.1) is 0 Å². The number of ketones is 1. The lowest BCUT2D eigenvalue weighted by molar-refractivity contribution is -0.197. The van der Waals surface area contributed by atoms with Gasteiger partial charge in [-0.25, -0.2) is 0 Å². The van der Waals surface area contributed by atoms with Crippen molar-refractivity contribution in [1.29, 1.82) is 0 Å². The lowest BCUT2D eigenvalue weighted by atomic mass is 9.75. The van der Waals surface area contributed by atoms with Crippen molar-refractivity contribution >= 4 is 5.78 Å². The molecule has 0 radical (unpaired) electrons. The first-order chi connectivity index (χ1) is 9.91. The van der Waals surface area contributed by atoms with E-state index in [1.807, 2.05) is 31.2 Å². The molecule has 0 aliphatic heterocycles. The molecule has 0 amide bonds. The van der Waals surface area contributed by atoms with Crippen LogP contribution < -0.4 is 0 Å². The molecule has 1 saturated carbocycles. The van der Waals surface area contributed by atoms with Crippen molar-refractivity contribution in [3.05, 3.63) is 35.4 Å². The minimum Gasteiger partial charge on any atom is -0.299 e. The molecule has 21 heavy (non-hydrogen) atoms. The van der Waals surface area contributed by atoms with E-state index in [4.69, 9.17) is 0 Å². The van der Waals surface area contributed by atoms with Crippen LogP contribution in [0.2, 0.25) is 0 Å². The Morgan fingerprint density at radius 3 is 2.24 bits per heavy atom. The largest absolute Gasteiger partial charge is 0.392 e. The summed E-state index contributed by atoms with van der Waals surface area (Å²) in [4.78, 5) is 12.3. The zero-order valence-electron chi connectivity index (χ0n) is 12.2. The summed E-state index contributed by atoms with van der Waals surface area (Å²) in [5.74, 6) is -2.57. The Kier molecular flexibility index (Phi) is 5.07. The van der Waals surface area contributed by atoms with E-state index in [0.717, 1.165) is 24.0 Å². The number of hydrogen-bond donors (Lipinski definition) is 0. The Balaban J connectivity index is 2.06. The van der Waals surface area contributed by atoms with Crippen LogP contribution in [0.1, 0.15) is 43.7 Å². The molecular formula is C17H21F3O. The van der Waals surface area contributed by atoms with Crippen LogP contribution in [-0.2, 0) is 17.6 Å². The zero-order valence-corrected chi connectivity index (χ0v) is 12.2. The first kappa shape index (κ1) is 16.1. The lowest BCUT2D eigenvalue weighted by Crippen LogP contribution is -2.37. The van der Waals surface area contributed by atoms with Crippen molar-refractivity contribution in [3.63, 3.8) is 0 Å². The van der Waals surface area contributed by atoms with Crippen molar-refractivity contribution in [3.8, 4) is 0 Å². The number of carbonyl (C=O) groups excluding carboxylic acids is 1. The number of aryl methyl sites for hydroxylation is 1. The summed E-state index contributed by atoms with van der Waals surface area (Å²) in [6.07, 6.45) is -1.48. The van der Waals surface area contributed by atoms with E-state index < -0.39 is 18.0 Å². The molecule has 1 nitrogen and oxygen atoms in total. The number of benzene rings is 1. The maximum Gasteiger partial charge on any atom is 0.392 e. The monoisotopic (exact) mass is 298 g/mol. The van der Waals surface area contributed by atoms with Crippen LogP contribution in [0.5, 0.6) is 0 Å². The maximum atomic E-state index is 13.0. The molecule has 1 aromatic rings. The smallest absolute Gasteiger partial charge is 0.299 e. The van der Waals surface area contributed by atoms with Gasteiger partial charge in [0.2, 0.25) is 0 Å². The summed E-state index contributed by atoms with van der Waals surface area (Å²) in [6.45, 7) is 2.04. The molecule has 0 spiro atoms. The first-order valence-corrected chi connectivity index (χ1v) is 7.59. The quantitative estimate of drug-likeness (QED) is 0.785. The Morgan fingerprint density at radius 1 is 1.10 bits per heavy atom. The minimum atomic E-state index is -4.26. The molecule has 2 atom stereocenters. The molecule has 2 unspecified atom stereocenters. The SMILES string of the molecule is CCc1ccc(CC(=O)C2CCCCC2C(F)(F)F)cc1. The second-order valence-corrected chi connectivity index (χ2v) is 5.85. The number of halogens is 3. The number of hydrogen-bond acceptors (Lipinski definition) is 1. The molecule has 0 saturated heterocycles. The van der Waals surface area contributed by atoms with Crippen LogP contribution in [0.25, 0.3) is 0 Å². The summed E-state index contributed by atoms with van der Waals surface area (Å²) < 4.78 is 39.1. The van der Waals surface area contributed by atoms with Gasteiger partial charge in [-0.1, -0.05) is 44.0 Å². The van der Waals surface area contributed by atoms with Crippen LogP contribution in [0.3, 0.4) is 0 Å². The highest BCUT2D eigenvalue weighted by molar-refractivity contribution is 5.83. The summed E-state index contributed by atoms with van der Waals surface area (Å²) in [5.41, 5.74) is 1.97. The molecule has 1 aliphatic carbocycles. The molecular weight excluding hydrogens is 277 g/mol. The van der Waals surface area contributed by atoms with Gasteiger partial charge < -0.3 is 0 Å². The fraction of sp³-hybridized carbons (Fsp3) is 0.588. The third-order valence-electron chi connectivity index (χ3n) is 4.41. The van der Waals surface area contributed by atoms with Crippen molar-refractivity contribution < 1.29 is 18.0 Å². The summed E-state index contributed by atoms with van der Waals surface area (Å²) in [5, 5.41) is 0. The Hall–Kier alpha value is -1.32. The molecule has 116 valence electrons. The van der Waals surface area contributed by atoms with E-state index in [1.54, 1.807) is 0 Å². The average Bonchev–Trinajstić information content (AvgIpc) is 2.47. The molecule has 1 fully saturated rings. The highest BCUT2D eigenvalue weighted by atomic mass is 19.4. The number of rotatable bonds is 4. The Morgan fingerprint density at radius 2 is 1.67 bits per heavy atom. The zero-order chi connectivity index (χ0) is 15.5. The standard InChI is InChI=1S/C17H21F3O/c1-2-12-7-9-13(10-8-12)11-16(21)14-5-3-4-6-15(14)17(18,19)20/h7-10,14-15H,2-6,11H2,1H3. The highest BCUT2D eigenvalue weighted by Gasteiger charge is 2.47. The molecule has 2 rings (SSSR count). The van der Waals surface area contributed by atoms with Crippen LogP contribution in [0, 0.1) is 11.8 Å². The van der Waals surface area contributed by atoms with Gasteiger partial charge >= 0.3 is 6.18 Å². The second-order valence-electron chi connectivity index (χ2n) is 5.85. The van der Waals surface area contributed by atoms with Gasteiger partial charge in [0, 0.05) is 12.3 Å². The molecule has 0 N–H and O–H groups in total. The van der Waals surface area contributed by atoms with Gasteiger partial charge in [-0.3, -0.25) is 4.79 Å². The van der Waals surface area contributed by atoms with Gasteiger partial charge in [0.05, 0.1) is 5.92 Å². The van der Waals surface area contributed by atoms with Crippen LogP contribution in [0.4, 0.5) is 13.2 Å². The molecule has 4 heteroatoms. The van der Waals surface area contributed by atoms with Crippen molar-refractivity contribution in [2.24, 2.45) is 11.8 Å². The van der Waals surface area contributed by atoms with Gasteiger partial charge in [0.15, 0.2) is 0 Å². The third-order valence-corrected chi connectivity index (χ3v) is 4.41. The van der Waals surface area contributed by atoms with E-state index in [0.29, 0.717) is 12.8 Å². The van der Waals surface area contributed by atoms with Crippen LogP contribution in [0.15, 0.2) is 24.3 Å². The van der Waals surface area contributed by atoms with E-state index in [9.17, 15) is 18.0 Å². The van der Waals surface area contributed by atoms with E-state index in [1.165, 1.54) is 0 Å². The fourth-order valence-electron chi connectivity index (χ4n) is 3.13. The average molecular weight is 298 g/mol. The van der Waals surface area contributed by atoms with Crippen molar-refractivity contribution in [2.75, 3.05) is 0 Å². The Labute approximate surface area is 123 Å². The predicted octanol–water partition coefficient (Wildman–Crippen LogP) is 4.73. The van der Waals surface area contributed by atoms with Crippen LogP contribution >= 0.6 is 0 Å². The second kappa shape index (κ2) is 6.63. The van der Waals surface area contributed by atoms with E-state index in [-0.39, 0.29) is 18.6 Å². The van der Waals surface area contributed by atoms with Gasteiger partial charge in [0.25, 0.3) is 0 Å². The summed E-state index contributed by atoms with van der Waals surface area (Å²) in [7, 11) is 0. The summed E-state index contributed by atoms with van der Waals surface area (Å²) in [6, 6.07) is 7.57. The molecule has 0 heterocycles. The third kappa shape index (κ3) is 4.08. The number of carbonyl (C=O) groups is 1. The normalized spacial score (nSPS) is 23.0.